The third kappa shape index (κ3) is 5.61. The number of aryl methyl sites for hydroxylation is 1. The summed E-state index contributed by atoms with van der Waals surface area (Å²) in [5.41, 5.74) is -0.397. The van der Waals surface area contributed by atoms with Gasteiger partial charge in [0.2, 0.25) is 0 Å². The average Bonchev–Trinajstić information content (AvgIpc) is 2.54. The Balaban J connectivity index is 0.00000312. The summed E-state index contributed by atoms with van der Waals surface area (Å²) in [7, 11) is -2.97. The van der Waals surface area contributed by atoms with Crippen LogP contribution in [-0.4, -0.2) is 36.9 Å². The molecule has 1 unspecified atom stereocenters. The molecule has 0 saturated carbocycles. The van der Waals surface area contributed by atoms with Crippen molar-refractivity contribution in [3.63, 3.8) is 0 Å². The molecule has 25 heavy (non-hydrogen) atoms. The first-order chi connectivity index (χ1) is 11.3. The first-order valence-corrected chi connectivity index (χ1v) is 8.88. The Kier molecular flexibility index (Phi) is 8.21. The molecule has 2 aromatic rings. The van der Waals surface area contributed by atoms with Gasteiger partial charge in [-0.25, -0.2) is 0 Å². The molecule has 0 saturated heterocycles. The van der Waals surface area contributed by atoms with Crippen LogP contribution >= 0.6 is 7.92 Å². The van der Waals surface area contributed by atoms with Crippen molar-refractivity contribution in [3.8, 4) is 5.75 Å². The third-order valence-corrected chi connectivity index (χ3v) is 5.51. The summed E-state index contributed by atoms with van der Waals surface area (Å²) in [5, 5.41) is 0.0233. The number of rotatable bonds is 6. The Morgan fingerprint density at radius 1 is 1.12 bits per heavy atom. The van der Waals surface area contributed by atoms with Gasteiger partial charge in [-0.1, -0.05) is 37.3 Å². The second-order valence-electron chi connectivity index (χ2n) is 5.27. The Morgan fingerprint density at radius 2 is 1.76 bits per heavy atom. The van der Waals surface area contributed by atoms with E-state index in [1.807, 2.05) is 6.92 Å². The number of carbonyl (C=O) groups excluding carboxylic acids is 1. The minimum atomic E-state index is -4.60. The molecular weight excluding hydrogens is 343 g/mol. The molecule has 2 nitrogen and oxygen atoms in total. The second kappa shape index (κ2) is 9.43. The van der Waals surface area contributed by atoms with Crippen LogP contribution in [0.25, 0.3) is 0 Å². The van der Waals surface area contributed by atoms with Gasteiger partial charge in [0.15, 0.2) is 5.52 Å². The van der Waals surface area contributed by atoms with Gasteiger partial charge in [0, 0.05) is 5.56 Å². The van der Waals surface area contributed by atoms with Gasteiger partial charge in [-0.05, 0) is 42.4 Å². The van der Waals surface area contributed by atoms with E-state index in [4.69, 9.17) is 4.74 Å². The van der Waals surface area contributed by atoms with E-state index in [9.17, 15) is 18.0 Å². The number of carbonyl (C=O) groups is 1. The maximum atomic E-state index is 13.6. The summed E-state index contributed by atoms with van der Waals surface area (Å²) in [4.78, 5) is 12.5. The van der Waals surface area contributed by atoms with Crippen molar-refractivity contribution in [2.24, 2.45) is 0 Å². The fourth-order valence-corrected chi connectivity index (χ4v) is 4.03. The number of hydrogen-bond donors (Lipinski definition) is 0. The van der Waals surface area contributed by atoms with E-state index in [1.165, 1.54) is 24.3 Å². The molecule has 7 heteroatoms. The van der Waals surface area contributed by atoms with Crippen molar-refractivity contribution in [1.82, 2.24) is 0 Å². The molecule has 130 valence electrons. The molecule has 0 aliphatic heterocycles. The van der Waals surface area contributed by atoms with E-state index >= 15 is 0 Å². The first-order valence-electron chi connectivity index (χ1n) is 7.54. The summed E-state index contributed by atoms with van der Waals surface area (Å²) in [6.07, 6.45) is 0.808. The summed E-state index contributed by atoms with van der Waals surface area (Å²) < 4.78 is 46.2. The summed E-state index contributed by atoms with van der Waals surface area (Å²) in [6, 6.07) is 12.0. The number of alkyl halides is 3. The first kappa shape index (κ1) is 21.8. The molecule has 0 radical (unpaired) electrons. The quantitative estimate of drug-likeness (QED) is 0.554. The van der Waals surface area contributed by atoms with Crippen LogP contribution in [0.2, 0.25) is 0 Å². The minimum absolute atomic E-state index is 0. The van der Waals surface area contributed by atoms with Gasteiger partial charge in [0.1, 0.15) is 13.7 Å². The van der Waals surface area contributed by atoms with Crippen LogP contribution in [0.3, 0.4) is 0 Å². The molecule has 0 aliphatic rings. The van der Waals surface area contributed by atoms with Crippen LogP contribution in [0, 0.1) is 6.92 Å². The Bertz CT molecular complexity index is 705. The Labute approximate surface area is 158 Å². The second-order valence-corrected chi connectivity index (χ2v) is 7.34. The fraction of sp³-hybridized carbons (Fsp3) is 0.278. The maximum absolute atomic E-state index is 13.6. The monoisotopic (exact) mass is 362 g/mol. The van der Waals surface area contributed by atoms with Crippen molar-refractivity contribution in [1.29, 1.82) is 0 Å². The molecular formula is C18H19F3LiO2P. The number of hydrogen-bond acceptors (Lipinski definition) is 2. The van der Waals surface area contributed by atoms with E-state index in [1.54, 1.807) is 31.2 Å². The van der Waals surface area contributed by atoms with Crippen molar-refractivity contribution in [2.75, 3.05) is 6.61 Å². The molecule has 0 heterocycles. The molecule has 0 bridgehead atoms. The number of ether oxygens (including phenoxy) is 1. The van der Waals surface area contributed by atoms with E-state index in [2.05, 4.69) is 0 Å². The Hall–Kier alpha value is -1.27. The third-order valence-electron chi connectivity index (χ3n) is 3.36. The summed E-state index contributed by atoms with van der Waals surface area (Å²) in [6.45, 7) is 4.02. The predicted octanol–water partition coefficient (Wildman–Crippen LogP) is 4.60. The molecule has 2 aromatic carbocycles. The van der Waals surface area contributed by atoms with Crippen LogP contribution < -0.4 is 10.0 Å². The van der Waals surface area contributed by atoms with E-state index in [-0.39, 0.29) is 29.7 Å². The molecule has 0 N–H and O–H groups in total. The number of benzene rings is 2. The zero-order valence-corrected chi connectivity index (χ0v) is 14.3. The topological polar surface area (TPSA) is 26.3 Å². The van der Waals surface area contributed by atoms with Crippen LogP contribution in [0.5, 0.6) is 5.75 Å². The van der Waals surface area contributed by atoms with Crippen LogP contribution in [0.15, 0.2) is 48.5 Å². The molecule has 0 amide bonds. The van der Waals surface area contributed by atoms with Crippen LogP contribution in [-0.2, 0) is 0 Å². The van der Waals surface area contributed by atoms with Gasteiger partial charge in [-0.2, -0.15) is 13.2 Å². The van der Waals surface area contributed by atoms with Crippen LogP contribution in [0.4, 0.5) is 13.2 Å². The van der Waals surface area contributed by atoms with Gasteiger partial charge >= 0.3 is 24.8 Å². The van der Waals surface area contributed by atoms with Gasteiger partial charge < -0.3 is 4.74 Å². The van der Waals surface area contributed by atoms with E-state index in [0.29, 0.717) is 17.9 Å². The molecule has 0 spiro atoms. The SMILES string of the molecule is CCCOc1ccc(P(C(=O)c2ccccc2)C(F)(F)F)c(C)c1.[LiH]. The summed E-state index contributed by atoms with van der Waals surface area (Å²) in [5.74, 6) is -4.08. The molecule has 2 rings (SSSR count). The van der Waals surface area contributed by atoms with Gasteiger partial charge in [0.25, 0.3) is 0 Å². The van der Waals surface area contributed by atoms with Crippen molar-refractivity contribution in [2.45, 2.75) is 26.2 Å². The van der Waals surface area contributed by atoms with Gasteiger partial charge in [-0.3, -0.25) is 4.79 Å². The number of halogens is 3. The Morgan fingerprint density at radius 3 is 2.28 bits per heavy atom. The normalized spacial score (nSPS) is 12.2. The van der Waals surface area contributed by atoms with Crippen molar-refractivity contribution < 1.29 is 22.7 Å². The van der Waals surface area contributed by atoms with Crippen molar-refractivity contribution >= 4 is 37.6 Å². The predicted molar refractivity (Wildman–Crippen MR) is 97.5 cm³/mol. The molecule has 0 aliphatic carbocycles. The summed E-state index contributed by atoms with van der Waals surface area (Å²) >= 11 is 0. The van der Waals surface area contributed by atoms with E-state index in [0.717, 1.165) is 6.42 Å². The average molecular weight is 362 g/mol. The van der Waals surface area contributed by atoms with Gasteiger partial charge in [-0.15, -0.1) is 0 Å². The van der Waals surface area contributed by atoms with E-state index < -0.39 is 19.4 Å². The zero-order valence-electron chi connectivity index (χ0n) is 13.4. The molecule has 0 fully saturated rings. The zero-order chi connectivity index (χ0) is 17.7. The fourth-order valence-electron chi connectivity index (χ4n) is 2.26. The molecule has 0 aromatic heterocycles. The molecule has 1 atom stereocenters. The van der Waals surface area contributed by atoms with Crippen molar-refractivity contribution in [3.05, 3.63) is 59.7 Å². The van der Waals surface area contributed by atoms with Crippen LogP contribution in [0.1, 0.15) is 29.3 Å². The van der Waals surface area contributed by atoms with Gasteiger partial charge in [0.05, 0.1) is 6.61 Å². The standard InChI is InChI=1S/C18H18F3O2P.Li.H/c1-3-11-23-15-9-10-16(13(2)12-15)24(18(19,20)21)17(22)14-7-5-4-6-8-14;;/h4-10,12H,3,11H2,1-2H3;;.